The molecule has 3 rings (SSSR count). The van der Waals surface area contributed by atoms with Gasteiger partial charge < -0.3 is 4.90 Å². The number of hydrogen-bond acceptors (Lipinski definition) is 1. The molecule has 110 valence electrons. The molecule has 0 N–H and O–H groups in total. The normalized spacial score (nSPS) is 10.5. The Labute approximate surface area is 132 Å². The van der Waals surface area contributed by atoms with Crippen LogP contribution in [0.5, 0.6) is 0 Å². The van der Waals surface area contributed by atoms with Crippen molar-refractivity contribution in [1.82, 2.24) is 0 Å². The first-order valence-corrected chi connectivity index (χ1v) is 7.65. The van der Waals surface area contributed by atoms with Gasteiger partial charge in [0.2, 0.25) is 0 Å². The lowest BCUT2D eigenvalue weighted by molar-refractivity contribution is 1.22. The van der Waals surface area contributed by atoms with Gasteiger partial charge in [-0.25, -0.2) is 0 Å². The molecule has 0 spiro atoms. The average molecular weight is 287 g/mol. The van der Waals surface area contributed by atoms with Crippen molar-refractivity contribution in [3.8, 4) is 0 Å². The van der Waals surface area contributed by atoms with Crippen LogP contribution in [0.2, 0.25) is 0 Å². The highest BCUT2D eigenvalue weighted by molar-refractivity contribution is 5.80. The predicted octanol–water partition coefficient (Wildman–Crippen LogP) is 6.08. The first-order valence-electron chi connectivity index (χ1n) is 7.65. The minimum absolute atomic E-state index is 1.19. The summed E-state index contributed by atoms with van der Waals surface area (Å²) in [6.07, 6.45) is 0. The van der Waals surface area contributed by atoms with Crippen molar-refractivity contribution >= 4 is 17.1 Å². The highest BCUT2D eigenvalue weighted by atomic mass is 15.1. The Morgan fingerprint density at radius 3 is 1.95 bits per heavy atom. The minimum atomic E-state index is 1.19. The van der Waals surface area contributed by atoms with Crippen LogP contribution in [0.4, 0.5) is 17.1 Å². The van der Waals surface area contributed by atoms with Crippen LogP contribution in [0, 0.1) is 20.8 Å². The SMILES string of the molecule is Cc1ccc(C)c(N(c2ccccc2)c2ccccc2C)c1. The summed E-state index contributed by atoms with van der Waals surface area (Å²) in [7, 11) is 0. The summed E-state index contributed by atoms with van der Waals surface area (Å²) in [6.45, 7) is 6.48. The van der Waals surface area contributed by atoms with Crippen LogP contribution >= 0.6 is 0 Å². The third kappa shape index (κ3) is 2.75. The molecule has 22 heavy (non-hydrogen) atoms. The summed E-state index contributed by atoms with van der Waals surface area (Å²) < 4.78 is 0. The maximum absolute atomic E-state index is 2.34. The van der Waals surface area contributed by atoms with E-state index in [0.717, 1.165) is 0 Å². The molecule has 0 amide bonds. The summed E-state index contributed by atoms with van der Waals surface area (Å²) in [4.78, 5) is 2.34. The van der Waals surface area contributed by atoms with Crippen molar-refractivity contribution in [2.24, 2.45) is 0 Å². The van der Waals surface area contributed by atoms with E-state index in [2.05, 4.69) is 98.5 Å². The topological polar surface area (TPSA) is 3.24 Å². The monoisotopic (exact) mass is 287 g/mol. The summed E-state index contributed by atoms with van der Waals surface area (Å²) in [5.41, 5.74) is 7.47. The molecule has 0 fully saturated rings. The number of aryl methyl sites for hydroxylation is 3. The summed E-state index contributed by atoms with van der Waals surface area (Å²) in [6, 6.07) is 25.7. The zero-order chi connectivity index (χ0) is 15.5. The zero-order valence-electron chi connectivity index (χ0n) is 13.4. The van der Waals surface area contributed by atoms with Crippen molar-refractivity contribution in [2.45, 2.75) is 20.8 Å². The number of nitrogens with zero attached hydrogens (tertiary/aromatic N) is 1. The Hall–Kier alpha value is -2.54. The standard InChI is InChI=1S/C21H21N/c1-16-13-14-18(3)21(15-16)22(19-10-5-4-6-11-19)20-12-8-7-9-17(20)2/h4-15H,1-3H3. The highest BCUT2D eigenvalue weighted by Crippen LogP contribution is 2.38. The van der Waals surface area contributed by atoms with E-state index in [1.54, 1.807) is 0 Å². The van der Waals surface area contributed by atoms with Gasteiger partial charge in [-0.2, -0.15) is 0 Å². The van der Waals surface area contributed by atoms with Gasteiger partial charge in [0.05, 0.1) is 0 Å². The zero-order valence-corrected chi connectivity index (χ0v) is 13.4. The second-order valence-corrected chi connectivity index (χ2v) is 5.75. The minimum Gasteiger partial charge on any atom is -0.310 e. The molecule has 0 saturated heterocycles. The lowest BCUT2D eigenvalue weighted by Gasteiger charge is -2.28. The molecule has 1 nitrogen and oxygen atoms in total. The number of benzene rings is 3. The summed E-state index contributed by atoms with van der Waals surface area (Å²) in [5.74, 6) is 0. The smallest absolute Gasteiger partial charge is 0.0493 e. The second kappa shape index (κ2) is 6.07. The summed E-state index contributed by atoms with van der Waals surface area (Å²) >= 11 is 0. The average Bonchev–Trinajstić information content (AvgIpc) is 2.54. The van der Waals surface area contributed by atoms with E-state index < -0.39 is 0 Å². The van der Waals surface area contributed by atoms with E-state index in [4.69, 9.17) is 0 Å². The van der Waals surface area contributed by atoms with E-state index in [9.17, 15) is 0 Å². The van der Waals surface area contributed by atoms with Gasteiger partial charge in [0.1, 0.15) is 0 Å². The Balaban J connectivity index is 2.24. The van der Waals surface area contributed by atoms with Gasteiger partial charge in [0.25, 0.3) is 0 Å². The fraction of sp³-hybridized carbons (Fsp3) is 0.143. The molecule has 0 aliphatic carbocycles. The lowest BCUT2D eigenvalue weighted by atomic mass is 10.1. The van der Waals surface area contributed by atoms with Gasteiger partial charge >= 0.3 is 0 Å². The predicted molar refractivity (Wildman–Crippen MR) is 95.3 cm³/mol. The molecule has 0 heterocycles. The molecule has 0 aromatic heterocycles. The fourth-order valence-corrected chi connectivity index (χ4v) is 2.76. The van der Waals surface area contributed by atoms with Crippen LogP contribution in [0.3, 0.4) is 0 Å². The maximum Gasteiger partial charge on any atom is 0.0493 e. The molecule has 0 saturated carbocycles. The molecule has 0 radical (unpaired) electrons. The third-order valence-corrected chi connectivity index (χ3v) is 3.98. The first kappa shape index (κ1) is 14.4. The molecule has 0 atom stereocenters. The van der Waals surface area contributed by atoms with Crippen LogP contribution in [-0.4, -0.2) is 0 Å². The Kier molecular flexibility index (Phi) is 3.97. The number of rotatable bonds is 3. The van der Waals surface area contributed by atoms with Crippen LogP contribution in [-0.2, 0) is 0 Å². The number of hydrogen-bond donors (Lipinski definition) is 0. The largest absolute Gasteiger partial charge is 0.310 e. The van der Waals surface area contributed by atoms with Gasteiger partial charge in [-0.3, -0.25) is 0 Å². The second-order valence-electron chi connectivity index (χ2n) is 5.75. The van der Waals surface area contributed by atoms with Crippen LogP contribution in [0.25, 0.3) is 0 Å². The van der Waals surface area contributed by atoms with Gasteiger partial charge in [-0.1, -0.05) is 48.5 Å². The molecule has 3 aromatic rings. The van der Waals surface area contributed by atoms with Crippen LogP contribution in [0.1, 0.15) is 16.7 Å². The fourth-order valence-electron chi connectivity index (χ4n) is 2.76. The van der Waals surface area contributed by atoms with Gasteiger partial charge in [-0.15, -0.1) is 0 Å². The quantitative estimate of drug-likeness (QED) is 0.564. The van der Waals surface area contributed by atoms with E-state index in [0.29, 0.717) is 0 Å². The molecule has 0 aliphatic rings. The van der Waals surface area contributed by atoms with Crippen LogP contribution < -0.4 is 4.90 Å². The highest BCUT2D eigenvalue weighted by Gasteiger charge is 2.15. The lowest BCUT2D eigenvalue weighted by Crippen LogP contribution is -2.12. The van der Waals surface area contributed by atoms with Gasteiger partial charge in [0, 0.05) is 17.1 Å². The molecular weight excluding hydrogens is 266 g/mol. The van der Waals surface area contributed by atoms with Crippen LogP contribution in [0.15, 0.2) is 72.8 Å². The third-order valence-electron chi connectivity index (χ3n) is 3.98. The number of anilines is 3. The number of para-hydroxylation sites is 2. The summed E-state index contributed by atoms with van der Waals surface area (Å²) in [5, 5.41) is 0. The Bertz CT molecular complexity index is 775. The Morgan fingerprint density at radius 1 is 0.591 bits per heavy atom. The molecular formula is C21H21N. The van der Waals surface area contributed by atoms with Crippen molar-refractivity contribution in [3.63, 3.8) is 0 Å². The van der Waals surface area contributed by atoms with Gasteiger partial charge in [0.15, 0.2) is 0 Å². The molecule has 3 aromatic carbocycles. The first-order chi connectivity index (χ1) is 10.7. The van der Waals surface area contributed by atoms with E-state index >= 15 is 0 Å². The molecule has 1 heteroatoms. The van der Waals surface area contributed by atoms with Crippen molar-refractivity contribution < 1.29 is 0 Å². The van der Waals surface area contributed by atoms with E-state index in [-0.39, 0.29) is 0 Å². The van der Waals surface area contributed by atoms with E-state index in [1.807, 2.05) is 0 Å². The van der Waals surface area contributed by atoms with Crippen molar-refractivity contribution in [2.75, 3.05) is 4.90 Å². The maximum atomic E-state index is 2.34. The molecule has 0 aliphatic heterocycles. The Morgan fingerprint density at radius 2 is 1.23 bits per heavy atom. The van der Waals surface area contributed by atoms with Crippen molar-refractivity contribution in [3.05, 3.63) is 89.5 Å². The van der Waals surface area contributed by atoms with Crippen molar-refractivity contribution in [1.29, 1.82) is 0 Å². The van der Waals surface area contributed by atoms with Gasteiger partial charge in [-0.05, 0) is 61.7 Å². The molecule has 0 unspecified atom stereocenters. The van der Waals surface area contributed by atoms with E-state index in [1.165, 1.54) is 33.8 Å². The molecule has 0 bridgehead atoms.